The molecule has 1 aromatic carbocycles. The van der Waals surface area contributed by atoms with Crippen LogP contribution in [0.2, 0.25) is 0 Å². The van der Waals surface area contributed by atoms with Crippen molar-refractivity contribution in [2.24, 2.45) is 17.8 Å². The predicted molar refractivity (Wildman–Crippen MR) is 114 cm³/mol. The Morgan fingerprint density at radius 3 is 2.93 bits per heavy atom. The van der Waals surface area contributed by atoms with E-state index in [9.17, 15) is 15.0 Å². The molecule has 1 aromatic rings. The van der Waals surface area contributed by atoms with Gasteiger partial charge >= 0.3 is 5.97 Å². The SMILES string of the molecule is COC(=O)CCCCC1=C[C@H]2C[C@@H](O)[C@H](/C=C/[C@@H](O)Cc3cccc(C)c3)[C@H]2C1. The van der Waals surface area contributed by atoms with Crippen LogP contribution in [0.15, 0.2) is 48.1 Å². The standard InChI is InChI=1S/C25H34O4/c1-17-6-5-8-18(12-17)14-21(26)10-11-22-23-15-19(13-20(23)16-24(22)27)7-3-4-9-25(28)29-2/h5-6,8,10-13,20-24,26-27H,3-4,7,9,14-16H2,1-2H3/b11-10+/t20-,21+,22+,23-,24+/m0/s1. The molecule has 4 heteroatoms. The van der Waals surface area contributed by atoms with E-state index < -0.39 is 6.10 Å². The Kier molecular flexibility index (Phi) is 7.68. The van der Waals surface area contributed by atoms with Crippen molar-refractivity contribution < 1.29 is 19.7 Å². The molecule has 0 radical (unpaired) electrons. The first kappa shape index (κ1) is 21.8. The fourth-order valence-corrected chi connectivity index (χ4v) is 4.92. The summed E-state index contributed by atoms with van der Waals surface area (Å²) in [7, 11) is 1.43. The molecule has 0 aromatic heterocycles. The quantitative estimate of drug-likeness (QED) is 0.373. The molecule has 0 amide bonds. The van der Waals surface area contributed by atoms with Crippen molar-refractivity contribution >= 4 is 5.97 Å². The summed E-state index contributed by atoms with van der Waals surface area (Å²) in [4.78, 5) is 11.2. The fourth-order valence-electron chi connectivity index (χ4n) is 4.92. The van der Waals surface area contributed by atoms with Gasteiger partial charge in [0.25, 0.3) is 0 Å². The normalized spacial score (nSPS) is 27.1. The topological polar surface area (TPSA) is 66.8 Å². The number of fused-ring (bicyclic) bond motifs is 1. The Balaban J connectivity index is 1.49. The predicted octanol–water partition coefficient (Wildman–Crippen LogP) is 4.13. The maximum absolute atomic E-state index is 11.2. The van der Waals surface area contributed by atoms with Gasteiger partial charge in [-0.25, -0.2) is 0 Å². The molecule has 5 atom stereocenters. The van der Waals surface area contributed by atoms with Crippen LogP contribution in [0.3, 0.4) is 0 Å². The van der Waals surface area contributed by atoms with Crippen molar-refractivity contribution in [3.8, 4) is 0 Å². The summed E-state index contributed by atoms with van der Waals surface area (Å²) in [6, 6.07) is 8.22. The molecule has 4 nitrogen and oxygen atoms in total. The van der Waals surface area contributed by atoms with E-state index in [2.05, 4.69) is 29.9 Å². The first-order valence-corrected chi connectivity index (χ1v) is 10.8. The summed E-state index contributed by atoms with van der Waals surface area (Å²) >= 11 is 0. The number of unbranched alkanes of at least 4 members (excludes halogenated alkanes) is 1. The van der Waals surface area contributed by atoms with E-state index in [1.807, 2.05) is 24.3 Å². The molecule has 0 spiro atoms. The second-order valence-corrected chi connectivity index (χ2v) is 8.67. The summed E-state index contributed by atoms with van der Waals surface area (Å²) < 4.78 is 4.69. The summed E-state index contributed by atoms with van der Waals surface area (Å²) in [5, 5.41) is 20.9. The molecule has 158 valence electrons. The number of esters is 1. The largest absolute Gasteiger partial charge is 0.469 e. The van der Waals surface area contributed by atoms with E-state index in [1.165, 1.54) is 18.2 Å². The minimum Gasteiger partial charge on any atom is -0.469 e. The summed E-state index contributed by atoms with van der Waals surface area (Å²) in [5.74, 6) is 0.836. The molecule has 3 rings (SSSR count). The monoisotopic (exact) mass is 398 g/mol. The Morgan fingerprint density at radius 1 is 1.34 bits per heavy atom. The minimum atomic E-state index is -0.532. The van der Waals surface area contributed by atoms with Crippen LogP contribution in [0.1, 0.15) is 49.7 Å². The average Bonchev–Trinajstić information content (AvgIpc) is 3.19. The van der Waals surface area contributed by atoms with Crippen molar-refractivity contribution in [1.82, 2.24) is 0 Å². The molecule has 2 N–H and O–H groups in total. The summed E-state index contributed by atoms with van der Waals surface area (Å²) in [6.45, 7) is 2.06. The molecule has 1 saturated carbocycles. The van der Waals surface area contributed by atoms with Crippen LogP contribution in [0, 0.1) is 24.7 Å². The van der Waals surface area contributed by atoms with Gasteiger partial charge < -0.3 is 14.9 Å². The Morgan fingerprint density at radius 2 is 2.17 bits per heavy atom. The number of hydrogen-bond acceptors (Lipinski definition) is 4. The van der Waals surface area contributed by atoms with Crippen molar-refractivity contribution in [2.75, 3.05) is 7.11 Å². The molecule has 0 saturated heterocycles. The molecule has 0 bridgehead atoms. The highest BCUT2D eigenvalue weighted by molar-refractivity contribution is 5.68. The van der Waals surface area contributed by atoms with Gasteiger partial charge in [-0.05, 0) is 56.4 Å². The number of allylic oxidation sites excluding steroid dienone is 2. The molecule has 0 aliphatic heterocycles. The first-order valence-electron chi connectivity index (χ1n) is 10.8. The first-order chi connectivity index (χ1) is 14.0. The van der Waals surface area contributed by atoms with Gasteiger partial charge in [-0.2, -0.15) is 0 Å². The van der Waals surface area contributed by atoms with Crippen molar-refractivity contribution in [3.05, 3.63) is 59.2 Å². The van der Waals surface area contributed by atoms with Crippen LogP contribution in [-0.4, -0.2) is 35.5 Å². The van der Waals surface area contributed by atoms with Gasteiger partial charge in [0.15, 0.2) is 0 Å². The van der Waals surface area contributed by atoms with E-state index in [4.69, 9.17) is 0 Å². The molecule has 0 unspecified atom stereocenters. The number of aliphatic hydroxyl groups is 2. The number of methoxy groups -OCH3 is 1. The van der Waals surface area contributed by atoms with Crippen molar-refractivity contribution in [3.63, 3.8) is 0 Å². The van der Waals surface area contributed by atoms with Crippen LogP contribution >= 0.6 is 0 Å². The second kappa shape index (κ2) is 10.2. The zero-order chi connectivity index (χ0) is 20.8. The van der Waals surface area contributed by atoms with Crippen LogP contribution < -0.4 is 0 Å². The van der Waals surface area contributed by atoms with Gasteiger partial charge in [-0.1, -0.05) is 53.6 Å². The highest BCUT2D eigenvalue weighted by Crippen LogP contribution is 2.48. The number of rotatable bonds is 9. The summed E-state index contributed by atoms with van der Waals surface area (Å²) in [6.07, 6.45) is 11.2. The number of hydrogen-bond donors (Lipinski definition) is 2. The van der Waals surface area contributed by atoms with Crippen LogP contribution in [0.4, 0.5) is 0 Å². The third kappa shape index (κ3) is 6.03. The lowest BCUT2D eigenvalue weighted by atomic mass is 9.88. The van der Waals surface area contributed by atoms with Gasteiger partial charge in [0, 0.05) is 18.8 Å². The zero-order valence-corrected chi connectivity index (χ0v) is 17.6. The molecular weight excluding hydrogens is 364 g/mol. The number of aryl methyl sites for hydroxylation is 1. The molecule has 2 aliphatic rings. The fraction of sp³-hybridized carbons (Fsp3) is 0.560. The molecule has 0 heterocycles. The number of benzene rings is 1. The van der Waals surface area contributed by atoms with Crippen LogP contribution in [0.25, 0.3) is 0 Å². The van der Waals surface area contributed by atoms with E-state index in [0.717, 1.165) is 37.7 Å². The van der Waals surface area contributed by atoms with Gasteiger partial charge in [0.05, 0.1) is 19.3 Å². The maximum Gasteiger partial charge on any atom is 0.305 e. The minimum absolute atomic E-state index is 0.107. The molecule has 1 fully saturated rings. The Bertz CT molecular complexity index is 751. The number of carbonyl (C=O) groups is 1. The zero-order valence-electron chi connectivity index (χ0n) is 17.6. The van der Waals surface area contributed by atoms with Crippen molar-refractivity contribution in [2.45, 2.75) is 64.1 Å². The van der Waals surface area contributed by atoms with Gasteiger partial charge in [0.1, 0.15) is 0 Å². The second-order valence-electron chi connectivity index (χ2n) is 8.67. The number of aliphatic hydroxyl groups excluding tert-OH is 2. The average molecular weight is 399 g/mol. The Labute approximate surface area is 174 Å². The Hall–Kier alpha value is -1.91. The van der Waals surface area contributed by atoms with Crippen LogP contribution in [0.5, 0.6) is 0 Å². The van der Waals surface area contributed by atoms with Gasteiger partial charge in [-0.15, -0.1) is 0 Å². The van der Waals surface area contributed by atoms with Crippen molar-refractivity contribution in [1.29, 1.82) is 0 Å². The van der Waals surface area contributed by atoms with E-state index in [1.54, 1.807) is 0 Å². The lowest BCUT2D eigenvalue weighted by molar-refractivity contribution is -0.140. The molecular formula is C25H34O4. The summed E-state index contributed by atoms with van der Waals surface area (Å²) in [5.41, 5.74) is 3.78. The van der Waals surface area contributed by atoms with Gasteiger partial charge in [0.2, 0.25) is 0 Å². The highest BCUT2D eigenvalue weighted by atomic mass is 16.5. The third-order valence-corrected chi connectivity index (χ3v) is 6.39. The van der Waals surface area contributed by atoms with E-state index in [-0.39, 0.29) is 18.0 Å². The highest BCUT2D eigenvalue weighted by Gasteiger charge is 2.43. The lowest BCUT2D eigenvalue weighted by Crippen LogP contribution is -2.18. The maximum atomic E-state index is 11.2. The van der Waals surface area contributed by atoms with Crippen LogP contribution in [-0.2, 0) is 16.0 Å². The van der Waals surface area contributed by atoms with E-state index >= 15 is 0 Å². The van der Waals surface area contributed by atoms with E-state index in [0.29, 0.717) is 24.7 Å². The molecule has 2 aliphatic carbocycles. The smallest absolute Gasteiger partial charge is 0.305 e. The number of ether oxygens (including phenoxy) is 1. The lowest BCUT2D eigenvalue weighted by Gasteiger charge is -2.19. The molecule has 29 heavy (non-hydrogen) atoms. The third-order valence-electron chi connectivity index (χ3n) is 6.39. The number of carbonyl (C=O) groups excluding carboxylic acids is 1. The van der Waals surface area contributed by atoms with Gasteiger partial charge in [-0.3, -0.25) is 4.79 Å².